The van der Waals surface area contributed by atoms with E-state index in [1.807, 2.05) is 0 Å². The van der Waals surface area contributed by atoms with Gasteiger partial charge in [0, 0.05) is 23.6 Å². The number of nitro groups is 1. The molecule has 1 aromatic carbocycles. The van der Waals surface area contributed by atoms with Gasteiger partial charge in [-0.2, -0.15) is 5.26 Å². The van der Waals surface area contributed by atoms with E-state index >= 15 is 0 Å². The summed E-state index contributed by atoms with van der Waals surface area (Å²) < 4.78 is 0. The molecular formula is C15H14N4O2. The van der Waals surface area contributed by atoms with Gasteiger partial charge >= 0.3 is 0 Å². The Kier molecular flexibility index (Phi) is 3.18. The Bertz CT molecular complexity index is 762. The lowest BCUT2D eigenvalue weighted by Crippen LogP contribution is -2.18. The first-order chi connectivity index (χ1) is 10.1. The first-order valence-corrected chi connectivity index (χ1v) is 6.84. The summed E-state index contributed by atoms with van der Waals surface area (Å²) in [6.07, 6.45) is 2.44. The highest BCUT2D eigenvalue weighted by molar-refractivity contribution is 5.88. The van der Waals surface area contributed by atoms with Crippen molar-refractivity contribution in [1.82, 2.24) is 4.98 Å². The Morgan fingerprint density at radius 1 is 1.48 bits per heavy atom. The maximum absolute atomic E-state index is 10.8. The molecule has 21 heavy (non-hydrogen) atoms. The van der Waals surface area contributed by atoms with Crippen LogP contribution in [0.5, 0.6) is 0 Å². The minimum atomic E-state index is -0.470. The number of hydrogen-bond donors (Lipinski definition) is 1. The van der Waals surface area contributed by atoms with E-state index < -0.39 is 4.92 Å². The van der Waals surface area contributed by atoms with Crippen molar-refractivity contribution in [3.63, 3.8) is 0 Å². The summed E-state index contributed by atoms with van der Waals surface area (Å²) in [7, 11) is 0. The molecule has 0 bridgehead atoms. The molecule has 3 rings (SSSR count). The lowest BCUT2D eigenvalue weighted by atomic mass is 10.1. The van der Waals surface area contributed by atoms with Gasteiger partial charge in [-0.1, -0.05) is 0 Å². The summed E-state index contributed by atoms with van der Waals surface area (Å²) >= 11 is 0. The maximum atomic E-state index is 10.8. The summed E-state index contributed by atoms with van der Waals surface area (Å²) in [5.74, 6) is 1.32. The highest BCUT2D eigenvalue weighted by Gasteiger charge is 2.28. The van der Waals surface area contributed by atoms with Gasteiger partial charge in [0.25, 0.3) is 5.69 Å². The number of nitriles is 1. The molecule has 1 aliphatic carbocycles. The number of nitro benzene ring substituents is 1. The van der Waals surface area contributed by atoms with Gasteiger partial charge in [0.2, 0.25) is 0 Å². The predicted molar refractivity (Wildman–Crippen MR) is 78.9 cm³/mol. The van der Waals surface area contributed by atoms with E-state index in [1.165, 1.54) is 25.0 Å². The van der Waals surface area contributed by atoms with Gasteiger partial charge in [0.1, 0.15) is 5.82 Å². The Balaban J connectivity index is 2.03. The molecule has 6 heteroatoms. The fourth-order valence-corrected chi connectivity index (χ4v) is 2.44. The van der Waals surface area contributed by atoms with Crippen molar-refractivity contribution < 1.29 is 4.92 Å². The van der Waals surface area contributed by atoms with Crippen molar-refractivity contribution in [2.24, 2.45) is 5.92 Å². The second kappa shape index (κ2) is 5.02. The summed E-state index contributed by atoms with van der Waals surface area (Å²) in [5.41, 5.74) is 0.951. The SMILES string of the molecule is CC(Nc1cc(C#N)c2cc([N+](=O)[O-])ccc2n1)C1CC1. The quantitative estimate of drug-likeness (QED) is 0.686. The number of benzene rings is 1. The van der Waals surface area contributed by atoms with Crippen LogP contribution >= 0.6 is 0 Å². The zero-order chi connectivity index (χ0) is 15.0. The van der Waals surface area contributed by atoms with Gasteiger partial charge in [-0.15, -0.1) is 0 Å². The number of non-ortho nitro benzene ring substituents is 1. The van der Waals surface area contributed by atoms with E-state index in [2.05, 4.69) is 23.3 Å². The molecule has 1 fully saturated rings. The molecule has 2 aromatic rings. The Morgan fingerprint density at radius 3 is 2.86 bits per heavy atom. The molecule has 1 N–H and O–H groups in total. The van der Waals surface area contributed by atoms with E-state index in [0.29, 0.717) is 34.2 Å². The molecule has 1 unspecified atom stereocenters. The standard InChI is InChI=1S/C15H14N4O2/c1-9(10-2-3-10)17-15-6-11(8-16)13-7-12(19(20)21)4-5-14(13)18-15/h4-7,9-10H,2-3H2,1H3,(H,17,18). The Hall–Kier alpha value is -2.68. The number of aromatic nitrogens is 1. The normalized spacial score (nSPS) is 15.4. The van der Waals surface area contributed by atoms with Crippen LogP contribution < -0.4 is 5.32 Å². The molecule has 1 heterocycles. The van der Waals surface area contributed by atoms with Crippen LogP contribution in [0.4, 0.5) is 11.5 Å². The highest BCUT2D eigenvalue weighted by Crippen LogP contribution is 2.34. The molecule has 0 amide bonds. The molecule has 106 valence electrons. The van der Waals surface area contributed by atoms with Crippen molar-refractivity contribution >= 4 is 22.4 Å². The number of rotatable bonds is 4. The van der Waals surface area contributed by atoms with Gasteiger partial charge < -0.3 is 5.32 Å². The molecule has 0 spiro atoms. The minimum absolute atomic E-state index is 0.0344. The third kappa shape index (κ3) is 2.63. The zero-order valence-corrected chi connectivity index (χ0v) is 11.5. The number of nitrogens with zero attached hydrogens (tertiary/aromatic N) is 3. The van der Waals surface area contributed by atoms with Crippen LogP contribution in [0.25, 0.3) is 10.9 Å². The first kappa shape index (κ1) is 13.3. The summed E-state index contributed by atoms with van der Waals surface area (Å²) in [4.78, 5) is 14.8. The van der Waals surface area contributed by atoms with Crippen LogP contribution in [0.3, 0.4) is 0 Å². The van der Waals surface area contributed by atoms with E-state index in [1.54, 1.807) is 12.1 Å². The molecule has 1 atom stereocenters. The van der Waals surface area contributed by atoms with Crippen LogP contribution in [0.2, 0.25) is 0 Å². The largest absolute Gasteiger partial charge is 0.367 e. The second-order valence-electron chi connectivity index (χ2n) is 5.40. The predicted octanol–water partition coefficient (Wildman–Crippen LogP) is 3.23. The number of anilines is 1. The Labute approximate surface area is 121 Å². The molecule has 0 aliphatic heterocycles. The number of nitrogens with one attached hydrogen (secondary N) is 1. The number of fused-ring (bicyclic) bond motifs is 1. The van der Waals surface area contributed by atoms with Gasteiger partial charge in [-0.05, 0) is 37.8 Å². The minimum Gasteiger partial charge on any atom is -0.367 e. The van der Waals surface area contributed by atoms with Gasteiger partial charge in [0.15, 0.2) is 0 Å². The highest BCUT2D eigenvalue weighted by atomic mass is 16.6. The van der Waals surface area contributed by atoms with Crippen molar-refractivity contribution in [2.75, 3.05) is 5.32 Å². The van der Waals surface area contributed by atoms with Crippen LogP contribution in [-0.2, 0) is 0 Å². The average molecular weight is 282 g/mol. The van der Waals surface area contributed by atoms with Gasteiger partial charge in [-0.3, -0.25) is 10.1 Å². The van der Waals surface area contributed by atoms with Crippen LogP contribution in [0.1, 0.15) is 25.3 Å². The summed E-state index contributed by atoms with van der Waals surface area (Å²) in [6, 6.07) is 8.46. The maximum Gasteiger partial charge on any atom is 0.270 e. The van der Waals surface area contributed by atoms with Crippen molar-refractivity contribution in [3.05, 3.63) is 39.9 Å². The molecule has 6 nitrogen and oxygen atoms in total. The van der Waals surface area contributed by atoms with E-state index in [4.69, 9.17) is 0 Å². The third-order valence-electron chi connectivity index (χ3n) is 3.83. The van der Waals surface area contributed by atoms with E-state index in [0.717, 1.165) is 0 Å². The fraction of sp³-hybridized carbons (Fsp3) is 0.333. The smallest absolute Gasteiger partial charge is 0.270 e. The molecule has 0 saturated heterocycles. The molecule has 1 saturated carbocycles. The van der Waals surface area contributed by atoms with Crippen molar-refractivity contribution in [1.29, 1.82) is 5.26 Å². The lowest BCUT2D eigenvalue weighted by Gasteiger charge is -2.14. The van der Waals surface area contributed by atoms with Gasteiger partial charge in [-0.25, -0.2) is 4.98 Å². The lowest BCUT2D eigenvalue weighted by molar-refractivity contribution is -0.384. The molecular weight excluding hydrogens is 268 g/mol. The first-order valence-electron chi connectivity index (χ1n) is 6.84. The fourth-order valence-electron chi connectivity index (χ4n) is 2.44. The van der Waals surface area contributed by atoms with Crippen LogP contribution in [0, 0.1) is 27.4 Å². The molecule has 0 radical (unpaired) electrons. The van der Waals surface area contributed by atoms with Gasteiger partial charge in [0.05, 0.1) is 22.1 Å². The number of hydrogen-bond acceptors (Lipinski definition) is 5. The average Bonchev–Trinajstić information content (AvgIpc) is 3.30. The molecule has 1 aliphatic rings. The molecule has 1 aromatic heterocycles. The van der Waals surface area contributed by atoms with E-state index in [-0.39, 0.29) is 5.69 Å². The van der Waals surface area contributed by atoms with Crippen LogP contribution in [0.15, 0.2) is 24.3 Å². The third-order valence-corrected chi connectivity index (χ3v) is 3.83. The van der Waals surface area contributed by atoms with Crippen LogP contribution in [-0.4, -0.2) is 15.9 Å². The second-order valence-corrected chi connectivity index (χ2v) is 5.40. The Morgan fingerprint density at radius 2 is 2.24 bits per heavy atom. The summed E-state index contributed by atoms with van der Waals surface area (Å²) in [5, 5.41) is 23.9. The zero-order valence-electron chi connectivity index (χ0n) is 11.5. The summed E-state index contributed by atoms with van der Waals surface area (Å²) in [6.45, 7) is 2.10. The topological polar surface area (TPSA) is 91.8 Å². The number of pyridine rings is 1. The van der Waals surface area contributed by atoms with E-state index in [9.17, 15) is 15.4 Å². The van der Waals surface area contributed by atoms with Crippen molar-refractivity contribution in [2.45, 2.75) is 25.8 Å². The van der Waals surface area contributed by atoms with Crippen molar-refractivity contribution in [3.8, 4) is 6.07 Å². The monoisotopic (exact) mass is 282 g/mol.